The van der Waals surface area contributed by atoms with Crippen molar-refractivity contribution in [3.63, 3.8) is 0 Å². The molecule has 1 unspecified atom stereocenters. The van der Waals surface area contributed by atoms with Crippen molar-refractivity contribution in [2.75, 3.05) is 18.6 Å². The summed E-state index contributed by atoms with van der Waals surface area (Å²) in [7, 11) is 1.92. The first-order valence-corrected chi connectivity index (χ1v) is 6.05. The molecule has 0 saturated carbocycles. The highest BCUT2D eigenvalue weighted by molar-refractivity contribution is 7.15. The smallest absolute Gasteiger partial charge is 0.195 e. The highest BCUT2D eigenvalue weighted by Gasteiger charge is 2.18. The van der Waals surface area contributed by atoms with Crippen molar-refractivity contribution in [2.24, 2.45) is 5.73 Å². The van der Waals surface area contributed by atoms with Crippen molar-refractivity contribution >= 4 is 22.1 Å². The molecule has 3 N–H and O–H groups in total. The number of imidazole rings is 1. The molecule has 6 heteroatoms. The molecule has 0 aliphatic carbocycles. The minimum Gasteiger partial charge on any atom is -0.394 e. The first-order chi connectivity index (χ1) is 7.69. The van der Waals surface area contributed by atoms with Gasteiger partial charge in [0.2, 0.25) is 0 Å². The number of thiazole rings is 1. The Bertz CT molecular complexity index is 478. The summed E-state index contributed by atoms with van der Waals surface area (Å²) in [6, 6.07) is 0.0370. The van der Waals surface area contributed by atoms with Crippen LogP contribution < -0.4 is 10.6 Å². The van der Waals surface area contributed by atoms with Crippen LogP contribution in [-0.2, 0) is 6.54 Å². The van der Waals surface area contributed by atoms with E-state index in [1.807, 2.05) is 34.8 Å². The van der Waals surface area contributed by atoms with E-state index in [4.69, 9.17) is 10.8 Å². The summed E-state index contributed by atoms with van der Waals surface area (Å²) in [4.78, 5) is 7.43. The molecule has 0 spiro atoms. The molecule has 0 radical (unpaired) electrons. The average molecular weight is 240 g/mol. The zero-order valence-corrected chi connectivity index (χ0v) is 10.2. The molecule has 0 saturated heterocycles. The molecule has 0 bridgehead atoms. The zero-order valence-electron chi connectivity index (χ0n) is 9.42. The predicted octanol–water partition coefficient (Wildman–Crippen LogP) is 0.672. The van der Waals surface area contributed by atoms with Gasteiger partial charge in [-0.15, -0.1) is 11.3 Å². The fourth-order valence-electron chi connectivity index (χ4n) is 1.62. The molecule has 2 aromatic rings. The van der Waals surface area contributed by atoms with E-state index < -0.39 is 0 Å². The number of anilines is 1. The average Bonchev–Trinajstić information content (AvgIpc) is 2.86. The third kappa shape index (κ3) is 1.68. The van der Waals surface area contributed by atoms with Crippen LogP contribution in [0.15, 0.2) is 11.6 Å². The van der Waals surface area contributed by atoms with Gasteiger partial charge in [-0.3, -0.25) is 4.40 Å². The second-order valence-electron chi connectivity index (χ2n) is 3.78. The topological polar surface area (TPSA) is 66.8 Å². The normalized spacial score (nSPS) is 13.2. The van der Waals surface area contributed by atoms with Crippen LogP contribution in [-0.4, -0.2) is 34.2 Å². The van der Waals surface area contributed by atoms with E-state index in [-0.39, 0.29) is 12.6 Å². The molecule has 1 atom stereocenters. The Morgan fingerprint density at radius 1 is 1.69 bits per heavy atom. The Morgan fingerprint density at radius 3 is 3.06 bits per heavy atom. The number of aromatic nitrogens is 2. The van der Waals surface area contributed by atoms with E-state index in [1.165, 1.54) is 0 Å². The van der Waals surface area contributed by atoms with Gasteiger partial charge in [0.15, 0.2) is 10.8 Å². The Kier molecular flexibility index (Phi) is 3.13. The Morgan fingerprint density at radius 2 is 2.44 bits per heavy atom. The lowest BCUT2D eigenvalue weighted by atomic mass is 10.3. The van der Waals surface area contributed by atoms with Crippen molar-refractivity contribution in [1.82, 2.24) is 9.38 Å². The molecule has 0 amide bonds. The molecule has 2 heterocycles. The van der Waals surface area contributed by atoms with Gasteiger partial charge < -0.3 is 15.7 Å². The molecule has 5 nitrogen and oxygen atoms in total. The summed E-state index contributed by atoms with van der Waals surface area (Å²) in [6.45, 7) is 2.50. The molecule has 0 aliphatic heterocycles. The molecular formula is C10H16N4OS. The molecule has 0 fully saturated rings. The van der Waals surface area contributed by atoms with E-state index in [0.29, 0.717) is 6.54 Å². The van der Waals surface area contributed by atoms with E-state index in [0.717, 1.165) is 16.5 Å². The van der Waals surface area contributed by atoms with Crippen molar-refractivity contribution in [2.45, 2.75) is 19.5 Å². The maximum atomic E-state index is 9.15. The number of rotatable bonds is 4. The SMILES string of the molecule is CC(CO)N(C)c1nc2sccn2c1CN. The van der Waals surface area contributed by atoms with Gasteiger partial charge >= 0.3 is 0 Å². The molecule has 16 heavy (non-hydrogen) atoms. The highest BCUT2D eigenvalue weighted by Crippen LogP contribution is 2.24. The van der Waals surface area contributed by atoms with Crippen LogP contribution in [0.5, 0.6) is 0 Å². The quantitative estimate of drug-likeness (QED) is 0.824. The van der Waals surface area contributed by atoms with Gasteiger partial charge in [-0.1, -0.05) is 0 Å². The highest BCUT2D eigenvalue weighted by atomic mass is 32.1. The second-order valence-corrected chi connectivity index (χ2v) is 4.66. The lowest BCUT2D eigenvalue weighted by Gasteiger charge is -2.23. The first-order valence-electron chi connectivity index (χ1n) is 5.17. The van der Waals surface area contributed by atoms with Crippen LogP contribution in [0.25, 0.3) is 4.96 Å². The number of hydrogen-bond donors (Lipinski definition) is 2. The van der Waals surface area contributed by atoms with Crippen LogP contribution in [0.1, 0.15) is 12.6 Å². The van der Waals surface area contributed by atoms with E-state index >= 15 is 0 Å². The summed E-state index contributed by atoms with van der Waals surface area (Å²) >= 11 is 1.58. The maximum Gasteiger partial charge on any atom is 0.195 e. The Balaban J connectivity index is 2.46. The van der Waals surface area contributed by atoms with Gasteiger partial charge in [-0.2, -0.15) is 0 Å². The lowest BCUT2D eigenvalue weighted by molar-refractivity contribution is 0.269. The van der Waals surface area contributed by atoms with E-state index in [2.05, 4.69) is 4.98 Å². The van der Waals surface area contributed by atoms with Crippen LogP contribution in [0.4, 0.5) is 5.82 Å². The van der Waals surface area contributed by atoms with Gasteiger partial charge in [-0.05, 0) is 6.92 Å². The number of hydrogen-bond acceptors (Lipinski definition) is 5. The van der Waals surface area contributed by atoms with Crippen molar-refractivity contribution in [3.8, 4) is 0 Å². The largest absolute Gasteiger partial charge is 0.394 e. The summed E-state index contributed by atoms with van der Waals surface area (Å²) in [5.74, 6) is 0.857. The maximum absolute atomic E-state index is 9.15. The van der Waals surface area contributed by atoms with E-state index in [9.17, 15) is 0 Å². The van der Waals surface area contributed by atoms with Crippen LogP contribution in [0.3, 0.4) is 0 Å². The standard InChI is InChI=1S/C10H16N4OS/c1-7(6-15)13(2)9-8(5-11)14-3-4-16-10(14)12-9/h3-4,7,15H,5-6,11H2,1-2H3. The Labute approximate surface area is 98.1 Å². The fraction of sp³-hybridized carbons (Fsp3) is 0.500. The molecular weight excluding hydrogens is 224 g/mol. The number of fused-ring (bicyclic) bond motifs is 1. The van der Waals surface area contributed by atoms with Gasteiger partial charge in [-0.25, -0.2) is 4.98 Å². The fourth-order valence-corrected chi connectivity index (χ4v) is 2.35. The third-order valence-corrected chi connectivity index (χ3v) is 3.55. The Hall–Kier alpha value is -1.11. The van der Waals surface area contributed by atoms with Gasteiger partial charge in [0, 0.05) is 25.2 Å². The molecule has 2 rings (SSSR count). The summed E-state index contributed by atoms with van der Waals surface area (Å²) in [5, 5.41) is 11.1. The molecule has 0 aliphatic rings. The zero-order chi connectivity index (χ0) is 11.7. The van der Waals surface area contributed by atoms with Crippen LogP contribution in [0, 0.1) is 0 Å². The molecule has 0 aromatic carbocycles. The molecule has 88 valence electrons. The lowest BCUT2D eigenvalue weighted by Crippen LogP contribution is -2.33. The number of likely N-dealkylation sites (N-methyl/N-ethyl adjacent to an activating group) is 1. The number of nitrogens with two attached hydrogens (primary N) is 1. The van der Waals surface area contributed by atoms with Crippen molar-refractivity contribution in [1.29, 1.82) is 0 Å². The van der Waals surface area contributed by atoms with Crippen LogP contribution in [0.2, 0.25) is 0 Å². The van der Waals surface area contributed by atoms with Gasteiger partial charge in [0.05, 0.1) is 18.3 Å². The van der Waals surface area contributed by atoms with Crippen LogP contribution >= 0.6 is 11.3 Å². The van der Waals surface area contributed by atoms with E-state index in [1.54, 1.807) is 11.3 Å². The number of aliphatic hydroxyl groups excluding tert-OH is 1. The first kappa shape index (κ1) is 11.4. The minimum absolute atomic E-state index is 0.0370. The summed E-state index contributed by atoms with van der Waals surface area (Å²) in [6.07, 6.45) is 1.97. The van der Waals surface area contributed by atoms with Crippen molar-refractivity contribution < 1.29 is 5.11 Å². The van der Waals surface area contributed by atoms with Gasteiger partial charge in [0.25, 0.3) is 0 Å². The monoisotopic (exact) mass is 240 g/mol. The predicted molar refractivity (Wildman–Crippen MR) is 65.9 cm³/mol. The number of nitrogens with zero attached hydrogens (tertiary/aromatic N) is 3. The van der Waals surface area contributed by atoms with Gasteiger partial charge in [0.1, 0.15) is 0 Å². The summed E-state index contributed by atoms with van der Waals surface area (Å²) in [5.41, 5.74) is 6.74. The second kappa shape index (κ2) is 4.40. The van der Waals surface area contributed by atoms with Crippen molar-refractivity contribution in [3.05, 3.63) is 17.3 Å². The minimum atomic E-state index is 0.0370. The summed E-state index contributed by atoms with van der Waals surface area (Å²) < 4.78 is 2.00. The third-order valence-electron chi connectivity index (χ3n) is 2.79. The molecule has 2 aromatic heterocycles. The number of aliphatic hydroxyl groups is 1.